The molecule has 0 aliphatic heterocycles. The third-order valence-corrected chi connectivity index (χ3v) is 4.74. The fourth-order valence-electron chi connectivity index (χ4n) is 3.42. The Labute approximate surface area is 158 Å². The van der Waals surface area contributed by atoms with Gasteiger partial charge in [0, 0.05) is 16.5 Å². The fourth-order valence-corrected chi connectivity index (χ4v) is 3.42. The van der Waals surface area contributed by atoms with Crippen LogP contribution in [0, 0.1) is 5.82 Å². The Hall–Kier alpha value is -3.14. The first-order chi connectivity index (χ1) is 12.9. The first-order valence-electron chi connectivity index (χ1n) is 8.99. The summed E-state index contributed by atoms with van der Waals surface area (Å²) in [4.78, 5) is 0. The van der Waals surface area contributed by atoms with E-state index >= 15 is 4.39 Å². The number of hydrogen-bond donors (Lipinski definition) is 1. The van der Waals surface area contributed by atoms with Crippen LogP contribution in [0.4, 0.5) is 10.2 Å². The minimum absolute atomic E-state index is 0.185. The second-order valence-corrected chi connectivity index (χ2v) is 7.73. The molecule has 0 bridgehead atoms. The molecule has 0 aliphatic rings. The molecule has 4 heteroatoms. The van der Waals surface area contributed by atoms with Crippen LogP contribution in [-0.2, 0) is 5.54 Å². The molecule has 2 N–H and O–H groups in total. The Morgan fingerprint density at radius 2 is 1.52 bits per heavy atom. The molecule has 3 nitrogen and oxygen atoms in total. The van der Waals surface area contributed by atoms with Gasteiger partial charge in [0.2, 0.25) is 0 Å². The highest BCUT2D eigenvalue weighted by Gasteiger charge is 2.20. The largest absolute Gasteiger partial charge is 0.382 e. The normalized spacial score (nSPS) is 11.9. The summed E-state index contributed by atoms with van der Waals surface area (Å²) in [5.74, 6) is 0.228. The van der Waals surface area contributed by atoms with Crippen LogP contribution >= 0.6 is 0 Å². The molecular formula is C23H22FN3. The second kappa shape index (κ2) is 6.23. The van der Waals surface area contributed by atoms with Crippen molar-refractivity contribution in [1.29, 1.82) is 0 Å². The summed E-state index contributed by atoms with van der Waals surface area (Å²) in [6, 6.07) is 20.9. The Morgan fingerprint density at radius 3 is 2.19 bits per heavy atom. The molecule has 0 atom stereocenters. The topological polar surface area (TPSA) is 43.8 Å². The Kier molecular flexibility index (Phi) is 3.99. The number of nitrogens with two attached hydrogens (primary N) is 1. The van der Waals surface area contributed by atoms with Crippen molar-refractivity contribution >= 4 is 16.7 Å². The van der Waals surface area contributed by atoms with E-state index in [0.717, 1.165) is 22.0 Å². The smallest absolute Gasteiger partial charge is 0.153 e. The summed E-state index contributed by atoms with van der Waals surface area (Å²) < 4.78 is 17.2. The van der Waals surface area contributed by atoms with Gasteiger partial charge in [-0.1, -0.05) is 54.6 Å². The summed E-state index contributed by atoms with van der Waals surface area (Å²) in [7, 11) is 0. The SMILES string of the molecule is CC(C)(C)n1nc(N)c2cc(-c3cccc(-c4ccccc4)c3F)ccc21. The molecule has 0 radical (unpaired) electrons. The molecule has 0 amide bonds. The van der Waals surface area contributed by atoms with Crippen LogP contribution in [0.5, 0.6) is 0 Å². The van der Waals surface area contributed by atoms with Gasteiger partial charge in [0.1, 0.15) is 5.82 Å². The number of nitrogen functional groups attached to an aromatic ring is 1. The predicted molar refractivity (Wildman–Crippen MR) is 110 cm³/mol. The zero-order chi connectivity index (χ0) is 19.2. The van der Waals surface area contributed by atoms with Crippen LogP contribution in [0.3, 0.4) is 0 Å². The van der Waals surface area contributed by atoms with Gasteiger partial charge in [0.05, 0.1) is 11.1 Å². The summed E-state index contributed by atoms with van der Waals surface area (Å²) >= 11 is 0. The first kappa shape index (κ1) is 17.3. The van der Waals surface area contributed by atoms with Crippen molar-refractivity contribution < 1.29 is 4.39 Å². The van der Waals surface area contributed by atoms with E-state index < -0.39 is 0 Å². The Bertz CT molecular complexity index is 1120. The predicted octanol–water partition coefficient (Wildman–Crippen LogP) is 5.85. The monoisotopic (exact) mass is 359 g/mol. The van der Waals surface area contributed by atoms with E-state index in [2.05, 4.69) is 25.9 Å². The molecule has 4 aromatic rings. The quantitative estimate of drug-likeness (QED) is 0.488. The van der Waals surface area contributed by atoms with E-state index in [9.17, 15) is 0 Å². The highest BCUT2D eigenvalue weighted by molar-refractivity contribution is 5.93. The molecule has 27 heavy (non-hydrogen) atoms. The summed E-state index contributed by atoms with van der Waals surface area (Å²) in [5, 5.41) is 5.32. The first-order valence-corrected chi connectivity index (χ1v) is 8.99. The maximum Gasteiger partial charge on any atom is 0.153 e. The van der Waals surface area contributed by atoms with Crippen molar-refractivity contribution in [2.24, 2.45) is 0 Å². The number of anilines is 1. The van der Waals surface area contributed by atoms with E-state index in [1.165, 1.54) is 0 Å². The Balaban J connectivity index is 1.88. The molecule has 0 aliphatic carbocycles. The lowest BCUT2D eigenvalue weighted by Crippen LogP contribution is -2.23. The summed E-state index contributed by atoms with van der Waals surface area (Å²) in [6.45, 7) is 6.24. The van der Waals surface area contributed by atoms with Crippen LogP contribution in [0.2, 0.25) is 0 Å². The van der Waals surface area contributed by atoms with Crippen molar-refractivity contribution in [2.45, 2.75) is 26.3 Å². The maximum atomic E-state index is 15.3. The van der Waals surface area contributed by atoms with Crippen molar-refractivity contribution in [3.63, 3.8) is 0 Å². The number of nitrogens with zero attached hydrogens (tertiary/aromatic N) is 2. The van der Waals surface area contributed by atoms with E-state index in [0.29, 0.717) is 16.9 Å². The van der Waals surface area contributed by atoms with E-state index in [4.69, 9.17) is 5.73 Å². The lowest BCUT2D eigenvalue weighted by atomic mass is 9.97. The number of aromatic nitrogens is 2. The molecule has 1 aromatic heterocycles. The lowest BCUT2D eigenvalue weighted by Gasteiger charge is -2.20. The third kappa shape index (κ3) is 2.97. The van der Waals surface area contributed by atoms with E-state index in [1.807, 2.05) is 59.3 Å². The van der Waals surface area contributed by atoms with E-state index in [1.54, 1.807) is 12.1 Å². The molecule has 136 valence electrons. The fraction of sp³-hybridized carbons (Fsp3) is 0.174. The number of rotatable bonds is 2. The molecule has 0 saturated heterocycles. The standard InChI is InChI=1S/C23H22FN3/c1-23(2,3)27-20-13-12-16(14-19(20)22(25)26-27)18-11-7-10-17(21(18)24)15-8-5-4-6-9-15/h4-14H,1-3H3,(H2,25,26). The molecule has 1 heterocycles. The average molecular weight is 359 g/mol. The maximum absolute atomic E-state index is 15.3. The van der Waals surface area contributed by atoms with Crippen molar-refractivity contribution in [2.75, 3.05) is 5.73 Å². The molecule has 0 spiro atoms. The van der Waals surface area contributed by atoms with Crippen LogP contribution < -0.4 is 5.73 Å². The summed E-state index contributed by atoms with van der Waals surface area (Å²) in [5.41, 5.74) is 9.71. The van der Waals surface area contributed by atoms with Crippen molar-refractivity contribution in [1.82, 2.24) is 9.78 Å². The molecule has 0 unspecified atom stereocenters. The number of benzene rings is 3. The molecule has 4 rings (SSSR count). The number of hydrogen-bond acceptors (Lipinski definition) is 2. The van der Waals surface area contributed by atoms with Crippen LogP contribution in [0.15, 0.2) is 66.7 Å². The molecule has 0 saturated carbocycles. The number of fused-ring (bicyclic) bond motifs is 1. The van der Waals surface area contributed by atoms with Crippen LogP contribution in [-0.4, -0.2) is 9.78 Å². The number of halogens is 1. The summed E-state index contributed by atoms with van der Waals surface area (Å²) in [6.07, 6.45) is 0. The van der Waals surface area contributed by atoms with Crippen molar-refractivity contribution in [3.8, 4) is 22.3 Å². The van der Waals surface area contributed by atoms with Gasteiger partial charge in [-0.05, 0) is 44.0 Å². The van der Waals surface area contributed by atoms with Gasteiger partial charge in [-0.25, -0.2) is 4.39 Å². The van der Waals surface area contributed by atoms with Gasteiger partial charge >= 0.3 is 0 Å². The average Bonchev–Trinajstić information content (AvgIpc) is 2.99. The third-order valence-electron chi connectivity index (χ3n) is 4.74. The van der Waals surface area contributed by atoms with Gasteiger partial charge < -0.3 is 5.73 Å². The van der Waals surface area contributed by atoms with Crippen molar-refractivity contribution in [3.05, 3.63) is 72.5 Å². The molecule has 3 aromatic carbocycles. The second-order valence-electron chi connectivity index (χ2n) is 7.73. The minimum Gasteiger partial charge on any atom is -0.382 e. The van der Waals surface area contributed by atoms with Crippen LogP contribution in [0.25, 0.3) is 33.2 Å². The molecular weight excluding hydrogens is 337 g/mol. The lowest BCUT2D eigenvalue weighted by molar-refractivity contribution is 0.369. The van der Waals surface area contributed by atoms with Gasteiger partial charge in [0.15, 0.2) is 5.82 Å². The zero-order valence-corrected chi connectivity index (χ0v) is 15.7. The van der Waals surface area contributed by atoms with Gasteiger partial charge in [-0.15, -0.1) is 0 Å². The highest BCUT2D eigenvalue weighted by atomic mass is 19.1. The van der Waals surface area contributed by atoms with Gasteiger partial charge in [0.25, 0.3) is 0 Å². The van der Waals surface area contributed by atoms with Gasteiger partial charge in [-0.3, -0.25) is 4.68 Å². The van der Waals surface area contributed by atoms with Gasteiger partial charge in [-0.2, -0.15) is 5.10 Å². The highest BCUT2D eigenvalue weighted by Crippen LogP contribution is 2.34. The Morgan fingerprint density at radius 1 is 0.852 bits per heavy atom. The zero-order valence-electron chi connectivity index (χ0n) is 15.7. The minimum atomic E-state index is -0.232. The van der Waals surface area contributed by atoms with Crippen LogP contribution in [0.1, 0.15) is 20.8 Å². The molecule has 0 fully saturated rings. The van der Waals surface area contributed by atoms with E-state index in [-0.39, 0.29) is 11.4 Å².